The number of ether oxygens (including phenoxy) is 1. The molecular formula is C14H18O3. The largest absolute Gasteiger partial charge is 0.504 e. The maximum absolute atomic E-state index is 11.8. The highest BCUT2D eigenvalue weighted by Gasteiger charge is 2.23. The van der Waals surface area contributed by atoms with Crippen LogP contribution < -0.4 is 4.74 Å². The first-order chi connectivity index (χ1) is 8.22. The molecule has 1 aromatic carbocycles. The third kappa shape index (κ3) is 2.60. The van der Waals surface area contributed by atoms with Crippen molar-refractivity contribution in [3.05, 3.63) is 23.8 Å². The van der Waals surface area contributed by atoms with E-state index in [1.54, 1.807) is 6.07 Å². The summed E-state index contributed by atoms with van der Waals surface area (Å²) in [6.45, 7) is 0. The Kier molecular flexibility index (Phi) is 3.67. The van der Waals surface area contributed by atoms with Crippen molar-refractivity contribution in [2.24, 2.45) is 5.92 Å². The van der Waals surface area contributed by atoms with Gasteiger partial charge in [0.2, 0.25) is 0 Å². The van der Waals surface area contributed by atoms with Crippen LogP contribution in [0.1, 0.15) is 31.2 Å². The number of benzene rings is 1. The molecule has 0 aromatic heterocycles. The number of Topliss-reactive ketones (excluding diaryl/α,β-unsaturated/α-hetero) is 1. The molecule has 3 heteroatoms. The number of hydrogen-bond acceptors (Lipinski definition) is 3. The molecule has 1 aromatic rings. The van der Waals surface area contributed by atoms with Gasteiger partial charge in [-0.1, -0.05) is 18.6 Å². The van der Waals surface area contributed by atoms with Gasteiger partial charge >= 0.3 is 0 Å². The lowest BCUT2D eigenvalue weighted by atomic mass is 9.83. The summed E-state index contributed by atoms with van der Waals surface area (Å²) in [6, 6.07) is 5.43. The van der Waals surface area contributed by atoms with Gasteiger partial charge in [0.05, 0.1) is 7.11 Å². The molecule has 0 saturated heterocycles. The van der Waals surface area contributed by atoms with Crippen molar-refractivity contribution in [1.29, 1.82) is 0 Å². The van der Waals surface area contributed by atoms with E-state index in [1.807, 2.05) is 12.1 Å². The summed E-state index contributed by atoms with van der Waals surface area (Å²) in [4.78, 5) is 11.8. The van der Waals surface area contributed by atoms with Crippen LogP contribution in [-0.2, 0) is 11.2 Å². The lowest BCUT2D eigenvalue weighted by molar-refractivity contribution is -0.124. The number of carbonyl (C=O) groups excluding carboxylic acids is 1. The van der Waals surface area contributed by atoms with E-state index >= 15 is 0 Å². The zero-order valence-corrected chi connectivity index (χ0v) is 10.1. The van der Waals surface area contributed by atoms with Gasteiger partial charge in [0.15, 0.2) is 11.5 Å². The zero-order valence-electron chi connectivity index (χ0n) is 10.1. The van der Waals surface area contributed by atoms with Gasteiger partial charge < -0.3 is 9.84 Å². The predicted molar refractivity (Wildman–Crippen MR) is 65.3 cm³/mol. The second-order valence-corrected chi connectivity index (χ2v) is 4.58. The molecule has 1 atom stereocenters. The first kappa shape index (κ1) is 12.0. The maximum Gasteiger partial charge on any atom is 0.160 e. The average molecular weight is 234 g/mol. The van der Waals surface area contributed by atoms with E-state index in [0.29, 0.717) is 24.4 Å². The highest BCUT2D eigenvalue weighted by atomic mass is 16.5. The zero-order chi connectivity index (χ0) is 12.3. The van der Waals surface area contributed by atoms with Crippen molar-refractivity contribution < 1.29 is 14.6 Å². The van der Waals surface area contributed by atoms with E-state index in [-0.39, 0.29) is 11.7 Å². The fourth-order valence-electron chi connectivity index (χ4n) is 2.43. The topological polar surface area (TPSA) is 46.5 Å². The van der Waals surface area contributed by atoms with Crippen LogP contribution in [0.25, 0.3) is 0 Å². The third-order valence-corrected chi connectivity index (χ3v) is 3.45. The normalized spacial score (nSPS) is 20.3. The van der Waals surface area contributed by atoms with E-state index in [4.69, 9.17) is 4.74 Å². The summed E-state index contributed by atoms with van der Waals surface area (Å²) >= 11 is 0. The molecule has 1 aliphatic rings. The summed E-state index contributed by atoms with van der Waals surface area (Å²) in [5.74, 6) is 1.05. The van der Waals surface area contributed by atoms with Crippen LogP contribution in [0, 0.1) is 5.92 Å². The van der Waals surface area contributed by atoms with Gasteiger partial charge in [0.25, 0.3) is 0 Å². The summed E-state index contributed by atoms with van der Waals surface area (Å²) in [5, 5.41) is 9.97. The molecule has 0 radical (unpaired) electrons. The van der Waals surface area contributed by atoms with E-state index < -0.39 is 0 Å². The van der Waals surface area contributed by atoms with E-state index in [9.17, 15) is 9.90 Å². The van der Waals surface area contributed by atoms with Crippen molar-refractivity contribution in [1.82, 2.24) is 0 Å². The highest BCUT2D eigenvalue weighted by molar-refractivity contribution is 5.82. The monoisotopic (exact) mass is 234 g/mol. The number of carbonyl (C=O) groups is 1. The Bertz CT molecular complexity index is 412. The third-order valence-electron chi connectivity index (χ3n) is 3.45. The molecule has 0 amide bonds. The number of hydrogen-bond donors (Lipinski definition) is 1. The van der Waals surface area contributed by atoms with E-state index in [2.05, 4.69) is 0 Å². The number of phenols is 1. The van der Waals surface area contributed by atoms with Crippen LogP contribution in [0.2, 0.25) is 0 Å². The van der Waals surface area contributed by atoms with Gasteiger partial charge in [-0.05, 0) is 30.9 Å². The van der Waals surface area contributed by atoms with Crippen molar-refractivity contribution in [2.75, 3.05) is 7.11 Å². The molecule has 0 aliphatic heterocycles. The number of para-hydroxylation sites is 1. The minimum Gasteiger partial charge on any atom is -0.504 e. The molecule has 1 unspecified atom stereocenters. The number of ketones is 1. The Labute approximate surface area is 101 Å². The molecule has 0 heterocycles. The predicted octanol–water partition coefficient (Wildman–Crippen LogP) is 2.70. The minimum absolute atomic E-state index is 0.0711. The molecule has 1 N–H and O–H groups in total. The quantitative estimate of drug-likeness (QED) is 0.874. The highest BCUT2D eigenvalue weighted by Crippen LogP contribution is 2.33. The van der Waals surface area contributed by atoms with Gasteiger partial charge in [-0.2, -0.15) is 0 Å². The summed E-state index contributed by atoms with van der Waals surface area (Å²) < 4.78 is 5.07. The second kappa shape index (κ2) is 5.21. The van der Waals surface area contributed by atoms with Gasteiger partial charge in [0, 0.05) is 12.3 Å². The van der Waals surface area contributed by atoms with Crippen LogP contribution >= 0.6 is 0 Å². The SMILES string of the molecule is COc1cccc(CC2CCCCC2=O)c1O. The smallest absolute Gasteiger partial charge is 0.160 e. The van der Waals surface area contributed by atoms with Crippen LogP contribution in [0.4, 0.5) is 0 Å². The molecule has 1 fully saturated rings. The Morgan fingerprint density at radius 3 is 2.94 bits per heavy atom. The van der Waals surface area contributed by atoms with Gasteiger partial charge in [-0.3, -0.25) is 4.79 Å². The van der Waals surface area contributed by atoms with Gasteiger partial charge in [-0.25, -0.2) is 0 Å². The van der Waals surface area contributed by atoms with Crippen LogP contribution in [0.3, 0.4) is 0 Å². The Morgan fingerprint density at radius 2 is 2.24 bits per heavy atom. The van der Waals surface area contributed by atoms with Crippen molar-refractivity contribution in [2.45, 2.75) is 32.1 Å². The number of methoxy groups -OCH3 is 1. The van der Waals surface area contributed by atoms with Crippen molar-refractivity contribution in [3.63, 3.8) is 0 Å². The fraction of sp³-hybridized carbons (Fsp3) is 0.500. The number of aromatic hydroxyl groups is 1. The molecule has 2 rings (SSSR count). The summed E-state index contributed by atoms with van der Waals surface area (Å²) in [5.41, 5.74) is 0.810. The fourth-order valence-corrected chi connectivity index (χ4v) is 2.43. The average Bonchev–Trinajstić information content (AvgIpc) is 2.34. The number of phenolic OH excluding ortho intramolecular Hbond substituents is 1. The molecule has 0 bridgehead atoms. The van der Waals surface area contributed by atoms with Crippen LogP contribution in [0.5, 0.6) is 11.5 Å². The van der Waals surface area contributed by atoms with Crippen LogP contribution in [-0.4, -0.2) is 18.0 Å². The first-order valence-electron chi connectivity index (χ1n) is 6.10. The Balaban J connectivity index is 2.15. The standard InChI is InChI=1S/C14H18O3/c1-17-13-8-4-6-11(14(13)16)9-10-5-2-3-7-12(10)15/h4,6,8,10,16H,2-3,5,7,9H2,1H3. The lowest BCUT2D eigenvalue weighted by Crippen LogP contribution is -2.21. The molecule has 3 nitrogen and oxygen atoms in total. The van der Waals surface area contributed by atoms with Crippen molar-refractivity contribution >= 4 is 5.78 Å². The first-order valence-corrected chi connectivity index (χ1v) is 6.10. The van der Waals surface area contributed by atoms with Crippen LogP contribution in [0.15, 0.2) is 18.2 Å². The molecule has 1 saturated carbocycles. The molecule has 1 aliphatic carbocycles. The molecule has 17 heavy (non-hydrogen) atoms. The Morgan fingerprint density at radius 1 is 1.41 bits per heavy atom. The molecular weight excluding hydrogens is 216 g/mol. The summed E-state index contributed by atoms with van der Waals surface area (Å²) in [6.07, 6.45) is 4.38. The van der Waals surface area contributed by atoms with Crippen molar-refractivity contribution in [3.8, 4) is 11.5 Å². The second-order valence-electron chi connectivity index (χ2n) is 4.58. The Hall–Kier alpha value is -1.51. The lowest BCUT2D eigenvalue weighted by Gasteiger charge is -2.21. The molecule has 92 valence electrons. The maximum atomic E-state index is 11.8. The van der Waals surface area contributed by atoms with Gasteiger partial charge in [-0.15, -0.1) is 0 Å². The number of rotatable bonds is 3. The molecule has 0 spiro atoms. The van der Waals surface area contributed by atoms with E-state index in [0.717, 1.165) is 24.8 Å². The minimum atomic E-state index is 0.0711. The summed E-state index contributed by atoms with van der Waals surface area (Å²) in [7, 11) is 1.53. The van der Waals surface area contributed by atoms with E-state index in [1.165, 1.54) is 7.11 Å². The van der Waals surface area contributed by atoms with Gasteiger partial charge in [0.1, 0.15) is 5.78 Å².